The van der Waals surface area contributed by atoms with Crippen molar-refractivity contribution in [3.8, 4) is 33.4 Å². The van der Waals surface area contributed by atoms with Crippen molar-refractivity contribution in [3.63, 3.8) is 0 Å². The Morgan fingerprint density at radius 1 is 0.414 bits per heavy atom. The Hall–Kier alpha value is -5.92. The van der Waals surface area contributed by atoms with Gasteiger partial charge in [-0.1, -0.05) is 164 Å². The molecule has 0 radical (unpaired) electrons. The van der Waals surface area contributed by atoms with Crippen LogP contribution in [-0.2, 0) is 16.2 Å². The minimum Gasteiger partial charge on any atom is -0.310 e. The van der Waals surface area contributed by atoms with Crippen molar-refractivity contribution < 1.29 is 0 Å². The van der Waals surface area contributed by atoms with Crippen LogP contribution >= 0.6 is 0 Å². The number of hydrogen-bond acceptors (Lipinski definition) is 1. The molecule has 0 amide bonds. The number of anilines is 3. The normalized spacial score (nSPS) is 14.6. The summed E-state index contributed by atoms with van der Waals surface area (Å²) < 4.78 is 0. The topological polar surface area (TPSA) is 3.24 Å². The van der Waals surface area contributed by atoms with Gasteiger partial charge in [0.15, 0.2) is 0 Å². The molecule has 0 fully saturated rings. The molecule has 0 aromatic heterocycles. The van der Waals surface area contributed by atoms with Crippen molar-refractivity contribution in [3.05, 3.63) is 186 Å². The largest absolute Gasteiger partial charge is 0.310 e. The van der Waals surface area contributed by atoms with Crippen LogP contribution in [0.1, 0.15) is 95.5 Å². The van der Waals surface area contributed by atoms with Crippen LogP contribution in [0.25, 0.3) is 54.9 Å². The first kappa shape index (κ1) is 36.4. The molecule has 0 saturated heterocycles. The lowest BCUT2D eigenvalue weighted by atomic mass is 9.74. The molecule has 0 atom stereocenters. The molecular formula is C57H53N. The van der Waals surface area contributed by atoms with Gasteiger partial charge in [0, 0.05) is 27.8 Å². The third-order valence-electron chi connectivity index (χ3n) is 14.6. The van der Waals surface area contributed by atoms with Crippen LogP contribution in [0.15, 0.2) is 158 Å². The highest BCUT2D eigenvalue weighted by Gasteiger charge is 2.39. The van der Waals surface area contributed by atoms with E-state index in [0.717, 1.165) is 19.3 Å². The molecule has 1 heteroatoms. The molecule has 0 spiro atoms. The molecule has 0 bridgehead atoms. The SMILES string of the molecule is CCC(CC)(CC)c1ccc(N(c2ccc3c(c2)-c2cc4ccccc4cc2C3(C)C)c2ccc3ccccc3c2-c2cccc3c2-c2ccccc2C3(C)C)cc1. The van der Waals surface area contributed by atoms with Gasteiger partial charge in [0.1, 0.15) is 0 Å². The smallest absolute Gasteiger partial charge is 0.0546 e. The summed E-state index contributed by atoms with van der Waals surface area (Å²) in [6, 6.07) is 60.2. The fraction of sp³-hybridized carbons (Fsp3) is 0.228. The molecule has 0 saturated carbocycles. The maximum absolute atomic E-state index is 2.55. The second kappa shape index (κ2) is 13.3. The summed E-state index contributed by atoms with van der Waals surface area (Å²) in [7, 11) is 0. The molecule has 0 aliphatic heterocycles. The molecule has 0 unspecified atom stereocenters. The second-order valence-electron chi connectivity index (χ2n) is 17.9. The lowest BCUT2D eigenvalue weighted by molar-refractivity contribution is 0.382. The first-order valence-corrected chi connectivity index (χ1v) is 21.5. The van der Waals surface area contributed by atoms with Gasteiger partial charge in [0.05, 0.1) is 5.69 Å². The highest BCUT2D eigenvalue weighted by atomic mass is 15.1. The molecule has 0 N–H and O–H groups in total. The highest BCUT2D eigenvalue weighted by molar-refractivity contribution is 6.10. The van der Waals surface area contributed by atoms with E-state index < -0.39 is 0 Å². The second-order valence-corrected chi connectivity index (χ2v) is 17.9. The molecule has 1 nitrogen and oxygen atoms in total. The van der Waals surface area contributed by atoms with Crippen LogP contribution in [0, 0.1) is 0 Å². The van der Waals surface area contributed by atoms with Crippen LogP contribution in [-0.4, -0.2) is 0 Å². The Morgan fingerprint density at radius 2 is 0.983 bits per heavy atom. The minimum absolute atomic E-state index is 0.100. The summed E-state index contributed by atoms with van der Waals surface area (Å²) >= 11 is 0. The summed E-state index contributed by atoms with van der Waals surface area (Å²) in [5.74, 6) is 0. The van der Waals surface area contributed by atoms with Gasteiger partial charge in [-0.05, 0) is 144 Å². The van der Waals surface area contributed by atoms with Crippen molar-refractivity contribution in [2.45, 2.75) is 84.0 Å². The van der Waals surface area contributed by atoms with E-state index >= 15 is 0 Å². The Bertz CT molecular complexity index is 2890. The zero-order valence-corrected chi connectivity index (χ0v) is 35.1. The fourth-order valence-electron chi connectivity index (χ4n) is 11.0. The molecule has 2 aliphatic carbocycles. The van der Waals surface area contributed by atoms with Gasteiger partial charge < -0.3 is 4.90 Å². The van der Waals surface area contributed by atoms with E-state index in [0.29, 0.717) is 0 Å². The average molecular weight is 752 g/mol. The van der Waals surface area contributed by atoms with Crippen LogP contribution in [0.5, 0.6) is 0 Å². The lowest BCUT2D eigenvalue weighted by Crippen LogP contribution is -2.23. The maximum Gasteiger partial charge on any atom is 0.0546 e. The Labute approximate surface area is 345 Å². The summed E-state index contributed by atoms with van der Waals surface area (Å²) in [4.78, 5) is 2.55. The predicted molar refractivity (Wildman–Crippen MR) is 249 cm³/mol. The predicted octanol–water partition coefficient (Wildman–Crippen LogP) is 16.2. The number of hydrogen-bond donors (Lipinski definition) is 0. The highest BCUT2D eigenvalue weighted by Crippen LogP contribution is 2.56. The standard InChI is InChI=1S/C57H53N/c1-8-57(9-2,10-3)40-27-29-41(30-28-40)58(42-31-32-49-47(36-42)46-34-38-19-11-12-20-39(38)35-51(46)56(49,6)7)52-33-26-37-18-13-14-21-43(37)54(52)45-23-17-25-50-53(45)44-22-15-16-24-48(44)55(50,4)5/h11-36H,8-10H2,1-7H3. The van der Waals surface area contributed by atoms with Crippen molar-refractivity contribution >= 4 is 38.6 Å². The molecule has 286 valence electrons. The van der Waals surface area contributed by atoms with Crippen molar-refractivity contribution in [1.29, 1.82) is 0 Å². The Morgan fingerprint density at radius 3 is 1.72 bits per heavy atom. The van der Waals surface area contributed by atoms with Gasteiger partial charge in [-0.2, -0.15) is 0 Å². The first-order valence-electron chi connectivity index (χ1n) is 21.5. The third kappa shape index (κ3) is 5.22. The van der Waals surface area contributed by atoms with Crippen LogP contribution < -0.4 is 4.90 Å². The summed E-state index contributed by atoms with van der Waals surface area (Å²) in [5.41, 5.74) is 18.4. The monoisotopic (exact) mass is 751 g/mol. The molecule has 8 aromatic carbocycles. The van der Waals surface area contributed by atoms with Gasteiger partial charge in [0.2, 0.25) is 0 Å². The van der Waals surface area contributed by atoms with E-state index in [-0.39, 0.29) is 16.2 Å². The van der Waals surface area contributed by atoms with Gasteiger partial charge in [-0.25, -0.2) is 0 Å². The number of nitrogens with zero attached hydrogens (tertiary/aromatic N) is 1. The van der Waals surface area contributed by atoms with Gasteiger partial charge in [0.25, 0.3) is 0 Å². The first-order chi connectivity index (χ1) is 28.1. The number of fused-ring (bicyclic) bond motifs is 8. The molecule has 2 aliphatic rings. The van der Waals surface area contributed by atoms with Crippen molar-refractivity contribution in [1.82, 2.24) is 0 Å². The van der Waals surface area contributed by atoms with Crippen LogP contribution in [0.2, 0.25) is 0 Å². The average Bonchev–Trinajstić information content (AvgIpc) is 3.63. The van der Waals surface area contributed by atoms with Gasteiger partial charge in [-0.3, -0.25) is 0 Å². The maximum atomic E-state index is 2.55. The summed E-state index contributed by atoms with van der Waals surface area (Å²) in [6.45, 7) is 16.6. The molecule has 58 heavy (non-hydrogen) atoms. The van der Waals surface area contributed by atoms with E-state index in [1.807, 2.05) is 0 Å². The van der Waals surface area contributed by atoms with E-state index in [1.54, 1.807) is 0 Å². The number of benzene rings is 8. The molecular weight excluding hydrogens is 699 g/mol. The Balaban J connectivity index is 1.26. The third-order valence-corrected chi connectivity index (χ3v) is 14.6. The molecule has 0 heterocycles. The summed E-state index contributed by atoms with van der Waals surface area (Å²) in [5, 5.41) is 5.09. The van der Waals surface area contributed by atoms with Crippen LogP contribution in [0.3, 0.4) is 0 Å². The van der Waals surface area contributed by atoms with Gasteiger partial charge >= 0.3 is 0 Å². The zero-order valence-electron chi connectivity index (χ0n) is 35.1. The molecule has 8 aromatic rings. The summed E-state index contributed by atoms with van der Waals surface area (Å²) in [6.07, 6.45) is 3.39. The van der Waals surface area contributed by atoms with Crippen molar-refractivity contribution in [2.24, 2.45) is 0 Å². The quantitative estimate of drug-likeness (QED) is 0.149. The number of rotatable bonds is 8. The molecule has 10 rings (SSSR count). The minimum atomic E-state index is -0.109. The van der Waals surface area contributed by atoms with E-state index in [1.165, 1.54) is 99.8 Å². The van der Waals surface area contributed by atoms with E-state index in [2.05, 4.69) is 211 Å². The van der Waals surface area contributed by atoms with E-state index in [4.69, 9.17) is 0 Å². The lowest BCUT2D eigenvalue weighted by Gasteiger charge is -2.33. The van der Waals surface area contributed by atoms with E-state index in [9.17, 15) is 0 Å². The van der Waals surface area contributed by atoms with Gasteiger partial charge in [-0.15, -0.1) is 0 Å². The van der Waals surface area contributed by atoms with Crippen molar-refractivity contribution in [2.75, 3.05) is 4.90 Å². The Kier molecular flexibility index (Phi) is 8.36. The zero-order chi connectivity index (χ0) is 40.0. The fourth-order valence-corrected chi connectivity index (χ4v) is 11.0. The van der Waals surface area contributed by atoms with Crippen LogP contribution in [0.4, 0.5) is 17.1 Å².